The molecule has 9 heteroatoms. The van der Waals surface area contributed by atoms with E-state index in [-0.39, 0.29) is 17.2 Å². The lowest BCUT2D eigenvalue weighted by molar-refractivity contribution is -0.141. The molecule has 118 valence electrons. The second-order valence-electron chi connectivity index (χ2n) is 4.17. The highest BCUT2D eigenvalue weighted by atomic mass is 19.4. The highest BCUT2D eigenvalue weighted by molar-refractivity contribution is 6.01. The van der Waals surface area contributed by atoms with Crippen molar-refractivity contribution >= 4 is 11.7 Å². The van der Waals surface area contributed by atoms with Gasteiger partial charge >= 0.3 is 6.18 Å². The number of anilines is 1. The van der Waals surface area contributed by atoms with Crippen molar-refractivity contribution < 1.29 is 23.1 Å². The van der Waals surface area contributed by atoms with E-state index in [1.54, 1.807) is 7.05 Å². The maximum Gasteiger partial charge on any atom is 0.433 e. The second kappa shape index (κ2) is 7.11. The van der Waals surface area contributed by atoms with E-state index < -0.39 is 11.9 Å². The first-order valence-electron chi connectivity index (χ1n) is 6.16. The third-order valence-corrected chi connectivity index (χ3v) is 2.69. The first kappa shape index (κ1) is 17.0. The summed E-state index contributed by atoms with van der Waals surface area (Å²) >= 11 is 0. The van der Waals surface area contributed by atoms with Crippen LogP contribution in [0.5, 0.6) is 0 Å². The van der Waals surface area contributed by atoms with Crippen molar-refractivity contribution in [3.8, 4) is 0 Å². The van der Waals surface area contributed by atoms with E-state index in [1.165, 1.54) is 4.90 Å². The molecule has 0 spiro atoms. The van der Waals surface area contributed by atoms with E-state index in [9.17, 15) is 13.2 Å². The molecule has 1 rings (SSSR count). The molecule has 0 amide bonds. The zero-order chi connectivity index (χ0) is 16.0. The molecule has 1 aromatic heterocycles. The summed E-state index contributed by atoms with van der Waals surface area (Å²) in [5.41, 5.74) is 4.54. The van der Waals surface area contributed by atoms with Crippen molar-refractivity contribution in [3.05, 3.63) is 23.4 Å². The van der Waals surface area contributed by atoms with E-state index >= 15 is 0 Å². The van der Waals surface area contributed by atoms with Gasteiger partial charge in [0.2, 0.25) is 0 Å². The van der Waals surface area contributed by atoms with Crippen LogP contribution in [-0.2, 0) is 10.9 Å². The third kappa shape index (κ3) is 4.48. The average molecular weight is 306 g/mol. The van der Waals surface area contributed by atoms with Gasteiger partial charge in [-0.05, 0) is 19.1 Å². The molecular formula is C12H17F3N4O2. The van der Waals surface area contributed by atoms with Crippen LogP contribution >= 0.6 is 0 Å². The fourth-order valence-electron chi connectivity index (χ4n) is 1.60. The molecule has 0 bridgehead atoms. The Hall–Kier alpha value is -2.03. The van der Waals surface area contributed by atoms with Gasteiger partial charge in [-0.15, -0.1) is 0 Å². The molecule has 0 atom stereocenters. The van der Waals surface area contributed by atoms with Gasteiger partial charge < -0.3 is 20.6 Å². The summed E-state index contributed by atoms with van der Waals surface area (Å²) in [5, 5.41) is 11.5. The molecule has 0 fully saturated rings. The van der Waals surface area contributed by atoms with E-state index in [0.717, 1.165) is 12.1 Å². The molecule has 1 aromatic rings. The highest BCUT2D eigenvalue weighted by Crippen LogP contribution is 2.30. The number of alkyl halides is 3. The number of hydrogen-bond acceptors (Lipinski definition) is 5. The van der Waals surface area contributed by atoms with Crippen LogP contribution in [-0.4, -0.2) is 42.8 Å². The number of halogens is 3. The third-order valence-electron chi connectivity index (χ3n) is 2.69. The van der Waals surface area contributed by atoms with Crippen molar-refractivity contribution in [3.63, 3.8) is 0 Å². The maximum absolute atomic E-state index is 12.7. The lowest BCUT2D eigenvalue weighted by atomic mass is 10.2. The summed E-state index contributed by atoms with van der Waals surface area (Å²) in [4.78, 5) is 5.02. The van der Waals surface area contributed by atoms with Gasteiger partial charge in [-0.1, -0.05) is 5.16 Å². The van der Waals surface area contributed by atoms with E-state index in [0.29, 0.717) is 19.8 Å². The van der Waals surface area contributed by atoms with Crippen molar-refractivity contribution in [2.75, 3.05) is 31.7 Å². The standard InChI is InChI=1S/C12H17F3N4O2/c1-3-21-7-6-19(2)11-8(10(16)18-20)4-5-9(17-11)12(13,14)15/h4-5,20H,3,6-7H2,1-2H3,(H2,16,18). The van der Waals surface area contributed by atoms with Crippen LogP contribution in [0.2, 0.25) is 0 Å². The molecule has 0 radical (unpaired) electrons. The molecule has 0 aliphatic heterocycles. The van der Waals surface area contributed by atoms with Crippen LogP contribution in [0.4, 0.5) is 19.0 Å². The largest absolute Gasteiger partial charge is 0.433 e. The van der Waals surface area contributed by atoms with Crippen LogP contribution in [0.3, 0.4) is 0 Å². The molecule has 0 aliphatic carbocycles. The SMILES string of the molecule is CCOCCN(C)c1nc(C(F)(F)F)ccc1/C(N)=N/O. The summed E-state index contributed by atoms with van der Waals surface area (Å²) in [5.74, 6) is -0.339. The van der Waals surface area contributed by atoms with Gasteiger partial charge in [-0.2, -0.15) is 13.2 Å². The fraction of sp³-hybridized carbons (Fsp3) is 0.500. The Kier molecular flexibility index (Phi) is 5.77. The van der Waals surface area contributed by atoms with Crippen molar-refractivity contribution in [1.82, 2.24) is 4.98 Å². The van der Waals surface area contributed by atoms with Gasteiger partial charge in [0.1, 0.15) is 11.5 Å². The van der Waals surface area contributed by atoms with Crippen LogP contribution in [0.15, 0.2) is 17.3 Å². The number of aromatic nitrogens is 1. The molecule has 0 aromatic carbocycles. The van der Waals surface area contributed by atoms with Gasteiger partial charge in [0, 0.05) is 20.2 Å². The van der Waals surface area contributed by atoms with Crippen molar-refractivity contribution in [1.29, 1.82) is 0 Å². The lowest BCUT2D eigenvalue weighted by Crippen LogP contribution is -2.28. The first-order chi connectivity index (χ1) is 9.81. The molecule has 3 N–H and O–H groups in total. The monoisotopic (exact) mass is 306 g/mol. The molecule has 0 aliphatic rings. The number of likely N-dealkylation sites (N-methyl/N-ethyl adjacent to an activating group) is 1. The predicted molar refractivity (Wildman–Crippen MR) is 71.5 cm³/mol. The summed E-state index contributed by atoms with van der Waals surface area (Å²) in [7, 11) is 1.55. The molecule has 6 nitrogen and oxygen atoms in total. The molecule has 0 unspecified atom stereocenters. The van der Waals surface area contributed by atoms with E-state index in [4.69, 9.17) is 15.7 Å². The van der Waals surface area contributed by atoms with Crippen LogP contribution in [0, 0.1) is 0 Å². The van der Waals surface area contributed by atoms with Gasteiger partial charge in [-0.3, -0.25) is 0 Å². The fourth-order valence-corrected chi connectivity index (χ4v) is 1.60. The topological polar surface area (TPSA) is 84.0 Å². The lowest BCUT2D eigenvalue weighted by Gasteiger charge is -2.22. The Morgan fingerprint density at radius 2 is 2.14 bits per heavy atom. The number of amidine groups is 1. The average Bonchev–Trinajstić information content (AvgIpc) is 2.45. The van der Waals surface area contributed by atoms with Crippen LogP contribution in [0.25, 0.3) is 0 Å². The minimum Gasteiger partial charge on any atom is -0.409 e. The zero-order valence-corrected chi connectivity index (χ0v) is 11.7. The molecular weight excluding hydrogens is 289 g/mol. The summed E-state index contributed by atoms with van der Waals surface area (Å²) in [6, 6.07) is 1.91. The Balaban J connectivity index is 3.16. The second-order valence-corrected chi connectivity index (χ2v) is 4.17. The maximum atomic E-state index is 12.7. The van der Waals surface area contributed by atoms with Crippen molar-refractivity contribution in [2.24, 2.45) is 10.9 Å². The Bertz CT molecular complexity index is 506. The minimum absolute atomic E-state index is 0.0279. The van der Waals surface area contributed by atoms with E-state index in [2.05, 4.69) is 10.1 Å². The number of nitrogens with zero attached hydrogens (tertiary/aromatic N) is 3. The Labute approximate surface area is 120 Å². The number of hydrogen-bond donors (Lipinski definition) is 2. The normalized spacial score (nSPS) is 12.5. The Morgan fingerprint density at radius 3 is 2.67 bits per heavy atom. The summed E-state index contributed by atoms with van der Waals surface area (Å²) < 4.78 is 43.4. The molecule has 0 saturated heterocycles. The molecule has 1 heterocycles. The van der Waals surface area contributed by atoms with Crippen LogP contribution in [0.1, 0.15) is 18.2 Å². The Morgan fingerprint density at radius 1 is 1.48 bits per heavy atom. The van der Waals surface area contributed by atoms with Gasteiger partial charge in [-0.25, -0.2) is 4.98 Å². The quantitative estimate of drug-likeness (QED) is 0.274. The number of ether oxygens (including phenoxy) is 1. The number of oxime groups is 1. The smallest absolute Gasteiger partial charge is 0.409 e. The van der Waals surface area contributed by atoms with E-state index in [1.807, 2.05) is 6.92 Å². The number of rotatable bonds is 6. The minimum atomic E-state index is -4.57. The summed E-state index contributed by atoms with van der Waals surface area (Å²) in [6.07, 6.45) is -4.57. The van der Waals surface area contributed by atoms with Gasteiger partial charge in [0.05, 0.1) is 12.2 Å². The van der Waals surface area contributed by atoms with Gasteiger partial charge in [0.25, 0.3) is 0 Å². The molecule has 21 heavy (non-hydrogen) atoms. The highest BCUT2D eigenvalue weighted by Gasteiger charge is 2.33. The predicted octanol–water partition coefficient (Wildman–Crippen LogP) is 1.67. The molecule has 0 saturated carbocycles. The zero-order valence-electron chi connectivity index (χ0n) is 11.7. The number of pyridine rings is 1. The number of nitrogens with two attached hydrogens (primary N) is 1. The first-order valence-corrected chi connectivity index (χ1v) is 6.16. The van der Waals surface area contributed by atoms with Crippen molar-refractivity contribution in [2.45, 2.75) is 13.1 Å². The summed E-state index contributed by atoms with van der Waals surface area (Å²) in [6.45, 7) is 2.94. The van der Waals surface area contributed by atoms with Gasteiger partial charge in [0.15, 0.2) is 5.84 Å². The van der Waals surface area contributed by atoms with Crippen LogP contribution < -0.4 is 10.6 Å².